The third kappa shape index (κ3) is 3.01. The van der Waals surface area contributed by atoms with Gasteiger partial charge in [0.2, 0.25) is 0 Å². The molecule has 0 aliphatic carbocycles. The van der Waals surface area contributed by atoms with Crippen molar-refractivity contribution in [2.24, 2.45) is 0 Å². The van der Waals surface area contributed by atoms with E-state index in [2.05, 4.69) is 47.1 Å². The molecule has 0 atom stereocenters. The van der Waals surface area contributed by atoms with E-state index in [-0.39, 0.29) is 0 Å². The summed E-state index contributed by atoms with van der Waals surface area (Å²) in [4.78, 5) is 0. The van der Waals surface area contributed by atoms with Crippen molar-refractivity contribution < 1.29 is 4.74 Å². The summed E-state index contributed by atoms with van der Waals surface area (Å²) >= 11 is 3.63. The molecule has 2 rings (SSSR count). The normalized spacial score (nSPS) is 10.7. The predicted molar refractivity (Wildman–Crippen MR) is 76.7 cm³/mol. The molecule has 0 heterocycles. The molecule has 0 aliphatic rings. The van der Waals surface area contributed by atoms with Gasteiger partial charge in [-0.15, -0.1) is 0 Å². The maximum atomic E-state index is 5.80. The molecular weight excluding hydrogens is 276 g/mol. The zero-order chi connectivity index (χ0) is 12.1. The fourth-order valence-electron chi connectivity index (χ4n) is 1.86. The summed E-state index contributed by atoms with van der Waals surface area (Å²) in [6.07, 6.45) is 3.57. The van der Waals surface area contributed by atoms with Crippen molar-refractivity contribution in [2.45, 2.75) is 26.2 Å². The SMILES string of the molecule is CCCCCOc1ccc2ccccc2c1Br. The van der Waals surface area contributed by atoms with Gasteiger partial charge in [0, 0.05) is 0 Å². The van der Waals surface area contributed by atoms with Gasteiger partial charge in [-0.1, -0.05) is 50.1 Å². The highest BCUT2D eigenvalue weighted by molar-refractivity contribution is 9.10. The van der Waals surface area contributed by atoms with Gasteiger partial charge in [0.05, 0.1) is 11.1 Å². The molecule has 1 nitrogen and oxygen atoms in total. The van der Waals surface area contributed by atoms with Crippen LogP contribution in [0.1, 0.15) is 26.2 Å². The van der Waals surface area contributed by atoms with Crippen LogP contribution in [0.3, 0.4) is 0 Å². The Morgan fingerprint density at radius 3 is 2.71 bits per heavy atom. The standard InChI is InChI=1S/C15H17BrO/c1-2-3-6-11-17-14-10-9-12-7-4-5-8-13(12)15(14)16/h4-5,7-10H,2-3,6,11H2,1H3. The molecule has 0 unspecified atom stereocenters. The highest BCUT2D eigenvalue weighted by Gasteiger charge is 2.05. The van der Waals surface area contributed by atoms with Gasteiger partial charge in [-0.25, -0.2) is 0 Å². The van der Waals surface area contributed by atoms with E-state index >= 15 is 0 Å². The Kier molecular flexibility index (Phi) is 4.43. The fraction of sp³-hybridized carbons (Fsp3) is 0.333. The predicted octanol–water partition coefficient (Wildman–Crippen LogP) is 5.17. The Balaban J connectivity index is 2.15. The lowest BCUT2D eigenvalue weighted by atomic mass is 10.1. The molecule has 0 radical (unpaired) electrons. The first-order chi connectivity index (χ1) is 8.33. The second-order valence-corrected chi connectivity index (χ2v) is 4.95. The molecule has 17 heavy (non-hydrogen) atoms. The van der Waals surface area contributed by atoms with Gasteiger partial charge in [0.1, 0.15) is 5.75 Å². The molecule has 0 saturated carbocycles. The number of halogens is 1. The minimum Gasteiger partial charge on any atom is -0.492 e. The second-order valence-electron chi connectivity index (χ2n) is 4.15. The minimum absolute atomic E-state index is 0.796. The van der Waals surface area contributed by atoms with E-state index in [4.69, 9.17) is 4.74 Å². The molecule has 2 aromatic rings. The number of benzene rings is 2. The zero-order valence-electron chi connectivity index (χ0n) is 10.1. The van der Waals surface area contributed by atoms with Crippen molar-refractivity contribution in [1.82, 2.24) is 0 Å². The van der Waals surface area contributed by atoms with Crippen molar-refractivity contribution in [3.05, 3.63) is 40.9 Å². The summed E-state index contributed by atoms with van der Waals surface area (Å²) in [5, 5.41) is 2.45. The Morgan fingerprint density at radius 2 is 1.88 bits per heavy atom. The van der Waals surface area contributed by atoms with Crippen LogP contribution < -0.4 is 4.74 Å². The van der Waals surface area contributed by atoms with E-state index in [9.17, 15) is 0 Å². The Hall–Kier alpha value is -1.02. The lowest BCUT2D eigenvalue weighted by molar-refractivity contribution is 0.305. The van der Waals surface area contributed by atoms with Crippen LogP contribution in [-0.4, -0.2) is 6.61 Å². The largest absolute Gasteiger partial charge is 0.492 e. The molecule has 0 aromatic heterocycles. The number of unbranched alkanes of at least 4 members (excludes halogenated alkanes) is 2. The van der Waals surface area contributed by atoms with Crippen LogP contribution in [0.15, 0.2) is 40.9 Å². The van der Waals surface area contributed by atoms with Crippen LogP contribution in [0.5, 0.6) is 5.75 Å². The monoisotopic (exact) mass is 292 g/mol. The number of hydrogen-bond acceptors (Lipinski definition) is 1. The Bertz CT molecular complexity index is 493. The topological polar surface area (TPSA) is 9.23 Å². The van der Waals surface area contributed by atoms with Crippen LogP contribution in [0.2, 0.25) is 0 Å². The molecule has 90 valence electrons. The summed E-state index contributed by atoms with van der Waals surface area (Å²) in [6, 6.07) is 12.5. The average Bonchev–Trinajstić information content (AvgIpc) is 2.37. The summed E-state index contributed by atoms with van der Waals surface area (Å²) in [6.45, 7) is 3.00. The summed E-state index contributed by atoms with van der Waals surface area (Å²) < 4.78 is 6.86. The number of hydrogen-bond donors (Lipinski definition) is 0. The smallest absolute Gasteiger partial charge is 0.134 e. The maximum Gasteiger partial charge on any atom is 0.134 e. The summed E-state index contributed by atoms with van der Waals surface area (Å²) in [5.41, 5.74) is 0. The molecule has 0 amide bonds. The van der Waals surface area contributed by atoms with Gasteiger partial charge >= 0.3 is 0 Å². The van der Waals surface area contributed by atoms with Gasteiger partial charge in [-0.3, -0.25) is 0 Å². The lowest BCUT2D eigenvalue weighted by Gasteiger charge is -2.10. The quantitative estimate of drug-likeness (QED) is 0.691. The second kappa shape index (κ2) is 6.06. The molecule has 0 bridgehead atoms. The van der Waals surface area contributed by atoms with E-state index in [0.717, 1.165) is 23.2 Å². The van der Waals surface area contributed by atoms with Crippen molar-refractivity contribution in [3.63, 3.8) is 0 Å². The van der Waals surface area contributed by atoms with Crippen molar-refractivity contribution >= 4 is 26.7 Å². The molecular formula is C15H17BrO. The van der Waals surface area contributed by atoms with Crippen LogP contribution in [-0.2, 0) is 0 Å². The molecule has 0 spiro atoms. The average molecular weight is 293 g/mol. The van der Waals surface area contributed by atoms with E-state index in [1.165, 1.54) is 23.6 Å². The number of fused-ring (bicyclic) bond motifs is 1. The van der Waals surface area contributed by atoms with Crippen molar-refractivity contribution in [2.75, 3.05) is 6.61 Å². The van der Waals surface area contributed by atoms with Gasteiger partial charge in [-0.05, 0) is 39.2 Å². The molecule has 0 fully saturated rings. The van der Waals surface area contributed by atoms with Crippen LogP contribution in [0.4, 0.5) is 0 Å². The van der Waals surface area contributed by atoms with Crippen LogP contribution in [0.25, 0.3) is 10.8 Å². The maximum absolute atomic E-state index is 5.80. The fourth-order valence-corrected chi connectivity index (χ4v) is 2.47. The van der Waals surface area contributed by atoms with Crippen molar-refractivity contribution in [1.29, 1.82) is 0 Å². The number of ether oxygens (including phenoxy) is 1. The van der Waals surface area contributed by atoms with Crippen LogP contribution in [0, 0.1) is 0 Å². The Labute approximate surface area is 111 Å². The molecule has 0 N–H and O–H groups in total. The van der Waals surface area contributed by atoms with Crippen LogP contribution >= 0.6 is 15.9 Å². The van der Waals surface area contributed by atoms with Crippen molar-refractivity contribution in [3.8, 4) is 5.75 Å². The van der Waals surface area contributed by atoms with E-state index in [1.807, 2.05) is 12.1 Å². The minimum atomic E-state index is 0.796. The van der Waals surface area contributed by atoms with E-state index in [0.29, 0.717) is 0 Å². The van der Waals surface area contributed by atoms with Gasteiger partial charge in [0.15, 0.2) is 0 Å². The lowest BCUT2D eigenvalue weighted by Crippen LogP contribution is -1.97. The highest BCUT2D eigenvalue weighted by Crippen LogP contribution is 2.33. The zero-order valence-corrected chi connectivity index (χ0v) is 11.7. The highest BCUT2D eigenvalue weighted by atomic mass is 79.9. The summed E-state index contributed by atoms with van der Waals surface area (Å²) in [5.74, 6) is 0.944. The number of rotatable bonds is 5. The molecule has 2 aromatic carbocycles. The first-order valence-corrected chi connectivity index (χ1v) is 6.92. The third-order valence-corrected chi connectivity index (χ3v) is 3.65. The molecule has 2 heteroatoms. The van der Waals surface area contributed by atoms with E-state index < -0.39 is 0 Å². The Morgan fingerprint density at radius 1 is 1.06 bits per heavy atom. The molecule has 0 saturated heterocycles. The first kappa shape index (κ1) is 12.4. The van der Waals surface area contributed by atoms with Gasteiger partial charge in [-0.2, -0.15) is 0 Å². The van der Waals surface area contributed by atoms with E-state index in [1.54, 1.807) is 0 Å². The van der Waals surface area contributed by atoms with Gasteiger partial charge in [0.25, 0.3) is 0 Å². The third-order valence-electron chi connectivity index (χ3n) is 2.83. The molecule has 0 aliphatic heterocycles. The van der Waals surface area contributed by atoms with Gasteiger partial charge < -0.3 is 4.74 Å². The summed E-state index contributed by atoms with van der Waals surface area (Å²) in [7, 11) is 0. The first-order valence-electron chi connectivity index (χ1n) is 6.13.